The lowest BCUT2D eigenvalue weighted by atomic mass is 9.87. The van der Waals surface area contributed by atoms with Gasteiger partial charge in [0.15, 0.2) is 0 Å². The summed E-state index contributed by atoms with van der Waals surface area (Å²) in [6.07, 6.45) is -2.30. The third-order valence-corrected chi connectivity index (χ3v) is 6.35. The molecular formula is C24H33F3N4O3. The number of ether oxygens (including phenoxy) is 2. The molecule has 2 aromatic rings. The van der Waals surface area contributed by atoms with E-state index in [1.807, 2.05) is 32.9 Å². The molecule has 2 saturated heterocycles. The molecule has 0 saturated carbocycles. The van der Waals surface area contributed by atoms with Gasteiger partial charge < -0.3 is 14.4 Å². The highest BCUT2D eigenvalue weighted by atomic mass is 19.4. The molecule has 1 aromatic carbocycles. The van der Waals surface area contributed by atoms with Gasteiger partial charge in [-0.2, -0.15) is 18.3 Å². The molecule has 2 aliphatic heterocycles. The number of rotatable bonds is 5. The summed E-state index contributed by atoms with van der Waals surface area (Å²) in [6, 6.07) is 7.11. The molecule has 188 valence electrons. The monoisotopic (exact) mass is 482 g/mol. The number of carbonyl (C=O) groups is 1. The number of aryl methyl sites for hydroxylation is 1. The first kappa shape index (κ1) is 24.5. The molecule has 1 N–H and O–H groups in total. The van der Waals surface area contributed by atoms with Crippen LogP contribution in [0, 0.1) is 6.92 Å². The summed E-state index contributed by atoms with van der Waals surface area (Å²) in [5, 5.41) is 6.75. The third-order valence-electron chi connectivity index (χ3n) is 6.35. The van der Waals surface area contributed by atoms with Gasteiger partial charge in [0.2, 0.25) is 0 Å². The zero-order valence-electron chi connectivity index (χ0n) is 19.7. The van der Waals surface area contributed by atoms with Crippen LogP contribution in [0.1, 0.15) is 55.8 Å². The minimum absolute atomic E-state index is 0. The molecule has 10 heteroatoms. The zero-order valence-corrected chi connectivity index (χ0v) is 19.7. The molecule has 1 unspecified atom stereocenters. The number of aromatic amines is 1. The molecule has 4 rings (SSSR count). The molecule has 1 spiro atoms. The quantitative estimate of drug-likeness (QED) is 0.686. The van der Waals surface area contributed by atoms with Gasteiger partial charge >= 0.3 is 6.18 Å². The first-order chi connectivity index (χ1) is 16.0. The predicted octanol–water partition coefficient (Wildman–Crippen LogP) is 4.36. The van der Waals surface area contributed by atoms with Gasteiger partial charge in [-0.1, -0.05) is 0 Å². The van der Waals surface area contributed by atoms with Crippen LogP contribution >= 0.6 is 0 Å². The number of hydrogen-bond donors (Lipinski definition) is 1. The van der Waals surface area contributed by atoms with E-state index in [0.29, 0.717) is 37.2 Å². The van der Waals surface area contributed by atoms with Gasteiger partial charge in [0.05, 0.1) is 23.9 Å². The summed E-state index contributed by atoms with van der Waals surface area (Å²) in [5.74, 6) is 0.650. The summed E-state index contributed by atoms with van der Waals surface area (Å²) >= 11 is 0. The lowest BCUT2D eigenvalue weighted by Crippen LogP contribution is -2.59. The van der Waals surface area contributed by atoms with E-state index in [4.69, 9.17) is 9.47 Å². The molecule has 7 nitrogen and oxygen atoms in total. The van der Waals surface area contributed by atoms with Crippen molar-refractivity contribution in [2.75, 3.05) is 32.7 Å². The highest BCUT2D eigenvalue weighted by molar-refractivity contribution is 5.94. The molecule has 1 atom stereocenters. The predicted molar refractivity (Wildman–Crippen MR) is 122 cm³/mol. The van der Waals surface area contributed by atoms with Crippen molar-refractivity contribution in [2.24, 2.45) is 0 Å². The van der Waals surface area contributed by atoms with Crippen molar-refractivity contribution in [1.82, 2.24) is 20.0 Å². The van der Waals surface area contributed by atoms with Crippen LogP contribution in [0.5, 0.6) is 5.75 Å². The van der Waals surface area contributed by atoms with E-state index in [1.54, 1.807) is 23.2 Å². The number of benzene rings is 1. The zero-order chi connectivity index (χ0) is 24.5. The highest BCUT2D eigenvalue weighted by Crippen LogP contribution is 2.38. The molecule has 2 fully saturated rings. The van der Waals surface area contributed by atoms with Crippen molar-refractivity contribution >= 4 is 5.91 Å². The number of halogens is 3. The van der Waals surface area contributed by atoms with Crippen molar-refractivity contribution < 1.29 is 28.9 Å². The van der Waals surface area contributed by atoms with Crippen LogP contribution in [0.2, 0.25) is 0 Å². The molecule has 3 heterocycles. The van der Waals surface area contributed by atoms with Gasteiger partial charge in [-0.25, -0.2) is 0 Å². The van der Waals surface area contributed by atoms with Gasteiger partial charge in [0.1, 0.15) is 11.9 Å². The maximum absolute atomic E-state index is 13.2. The second-order valence-electron chi connectivity index (χ2n) is 9.53. The number of H-pyrrole nitrogens is 1. The summed E-state index contributed by atoms with van der Waals surface area (Å²) in [5.41, 5.74) is 1.36. The number of carbonyl (C=O) groups excluding carboxylic acids is 1. The number of alkyl halides is 3. The van der Waals surface area contributed by atoms with Crippen molar-refractivity contribution in [3.63, 3.8) is 0 Å². The summed E-state index contributed by atoms with van der Waals surface area (Å²) in [4.78, 5) is 16.3. The standard InChI is InChI=1S/C24H31F3N4O3.H2/c1-16(2)33-20-5-4-18(12-17(20)3)22(32)31-10-7-23(8-11-31)14-30(15-24(25,26)27)13-21(34-23)19-6-9-28-29-19;/h4-6,9,12,16,21H,7-8,10-11,13-15H2,1-3H3,(H,28,29);1H. The van der Waals surface area contributed by atoms with Crippen LogP contribution in [0.25, 0.3) is 0 Å². The van der Waals surface area contributed by atoms with Gasteiger partial charge in [0, 0.05) is 39.4 Å². The number of morpholine rings is 1. The Morgan fingerprint density at radius 3 is 2.65 bits per heavy atom. The molecule has 34 heavy (non-hydrogen) atoms. The number of piperidine rings is 1. The van der Waals surface area contributed by atoms with Crippen molar-refractivity contribution in [2.45, 2.75) is 57.6 Å². The first-order valence-corrected chi connectivity index (χ1v) is 11.6. The Bertz CT molecular complexity index is 992. The summed E-state index contributed by atoms with van der Waals surface area (Å²) in [7, 11) is 0. The minimum Gasteiger partial charge on any atom is -0.491 e. The second-order valence-corrected chi connectivity index (χ2v) is 9.53. The number of nitrogens with zero attached hydrogens (tertiary/aromatic N) is 3. The Morgan fingerprint density at radius 1 is 1.32 bits per heavy atom. The largest absolute Gasteiger partial charge is 0.491 e. The van der Waals surface area contributed by atoms with Crippen LogP contribution in [0.3, 0.4) is 0 Å². The third kappa shape index (κ3) is 5.72. The number of hydrogen-bond acceptors (Lipinski definition) is 5. The van der Waals surface area contributed by atoms with Crippen molar-refractivity contribution in [3.8, 4) is 5.75 Å². The average molecular weight is 483 g/mol. The van der Waals surface area contributed by atoms with Gasteiger partial charge in [-0.3, -0.25) is 14.8 Å². The Morgan fingerprint density at radius 2 is 2.06 bits per heavy atom. The van der Waals surface area contributed by atoms with Crippen LogP contribution in [0.4, 0.5) is 13.2 Å². The SMILES string of the molecule is Cc1cc(C(=O)N2CCC3(CC2)CN(CC(F)(F)F)CC(c2ccn[nH]2)O3)ccc1OC(C)C.[HH]. The van der Waals surface area contributed by atoms with Crippen molar-refractivity contribution in [3.05, 3.63) is 47.3 Å². The summed E-state index contributed by atoms with van der Waals surface area (Å²) in [6.45, 7) is 5.95. The second kappa shape index (κ2) is 9.58. The van der Waals surface area contributed by atoms with Gasteiger partial charge in [-0.15, -0.1) is 0 Å². The Balaban J connectivity index is 0.00000342. The Labute approximate surface area is 198 Å². The van der Waals surface area contributed by atoms with Crippen molar-refractivity contribution in [1.29, 1.82) is 0 Å². The fraction of sp³-hybridized carbons (Fsp3) is 0.583. The van der Waals surface area contributed by atoms with E-state index < -0.39 is 24.4 Å². The molecular weight excluding hydrogens is 449 g/mol. The van der Waals surface area contributed by atoms with Crippen LogP contribution in [0.15, 0.2) is 30.5 Å². The number of nitrogens with one attached hydrogen (secondary N) is 1. The number of amides is 1. The number of likely N-dealkylation sites (tertiary alicyclic amines) is 1. The minimum atomic E-state index is -4.29. The van der Waals surface area contributed by atoms with Gasteiger partial charge in [-0.05, 0) is 63.4 Å². The molecule has 1 amide bonds. The smallest absolute Gasteiger partial charge is 0.401 e. The van der Waals surface area contributed by atoms with E-state index >= 15 is 0 Å². The van der Waals surface area contributed by atoms with Crippen LogP contribution < -0.4 is 4.74 Å². The molecule has 0 bridgehead atoms. The van der Waals surface area contributed by atoms with E-state index in [-0.39, 0.29) is 26.5 Å². The topological polar surface area (TPSA) is 70.7 Å². The van der Waals surface area contributed by atoms with Crippen LogP contribution in [-0.2, 0) is 4.74 Å². The molecule has 0 aliphatic carbocycles. The fourth-order valence-electron chi connectivity index (χ4n) is 4.81. The normalized spacial score (nSPS) is 21.3. The van der Waals surface area contributed by atoms with E-state index in [2.05, 4.69) is 10.2 Å². The lowest BCUT2D eigenvalue weighted by Gasteiger charge is -2.50. The first-order valence-electron chi connectivity index (χ1n) is 11.6. The van der Waals surface area contributed by atoms with Gasteiger partial charge in [0.25, 0.3) is 5.91 Å². The number of aromatic nitrogens is 2. The Hall–Kier alpha value is -2.59. The van der Waals surface area contributed by atoms with E-state index in [1.165, 1.54) is 4.90 Å². The lowest BCUT2D eigenvalue weighted by molar-refractivity contribution is -0.206. The fourth-order valence-corrected chi connectivity index (χ4v) is 4.81. The van der Waals surface area contributed by atoms with E-state index in [9.17, 15) is 18.0 Å². The van der Waals surface area contributed by atoms with E-state index in [0.717, 1.165) is 11.3 Å². The molecule has 0 radical (unpaired) electrons. The average Bonchev–Trinajstić information content (AvgIpc) is 3.28. The maximum atomic E-state index is 13.2. The highest BCUT2D eigenvalue weighted by Gasteiger charge is 2.46. The molecule has 2 aliphatic rings. The van der Waals surface area contributed by atoms with Crippen LogP contribution in [-0.4, -0.2) is 76.5 Å². The summed E-state index contributed by atoms with van der Waals surface area (Å²) < 4.78 is 51.7. The Kier molecular flexibility index (Phi) is 6.91. The molecule has 1 aromatic heterocycles. The maximum Gasteiger partial charge on any atom is 0.401 e.